The fourth-order valence-electron chi connectivity index (χ4n) is 3.40. The average molecular weight is 334 g/mol. The lowest BCUT2D eigenvalue weighted by molar-refractivity contribution is -0.127. The molecule has 0 atom stereocenters. The first-order chi connectivity index (χ1) is 11.0. The number of amides is 1. The van der Waals surface area contributed by atoms with Crippen molar-refractivity contribution in [3.8, 4) is 0 Å². The summed E-state index contributed by atoms with van der Waals surface area (Å²) in [6, 6.07) is 0.306. The van der Waals surface area contributed by atoms with Crippen molar-refractivity contribution in [1.82, 2.24) is 19.7 Å². The number of rotatable bonds is 4. The Labute approximate surface area is 142 Å². The second kappa shape index (κ2) is 6.59. The van der Waals surface area contributed by atoms with Gasteiger partial charge in [0.25, 0.3) is 0 Å². The Balaban J connectivity index is 1.63. The van der Waals surface area contributed by atoms with Crippen LogP contribution in [-0.4, -0.2) is 38.7 Å². The van der Waals surface area contributed by atoms with E-state index in [1.807, 2.05) is 11.0 Å². The molecule has 0 bridgehead atoms. The molecular weight excluding hydrogens is 308 g/mol. The first-order valence-corrected chi connectivity index (χ1v) is 9.02. The summed E-state index contributed by atoms with van der Waals surface area (Å²) in [5.41, 5.74) is 1.25. The van der Waals surface area contributed by atoms with Crippen LogP contribution in [0.15, 0.2) is 11.6 Å². The molecule has 6 heteroatoms. The Hall–Kier alpha value is -1.43. The van der Waals surface area contributed by atoms with Crippen molar-refractivity contribution in [1.29, 1.82) is 0 Å². The number of H-pyrrole nitrogens is 1. The molecule has 1 N–H and O–H groups in total. The van der Waals surface area contributed by atoms with E-state index in [1.165, 1.54) is 18.4 Å². The van der Waals surface area contributed by atoms with Crippen LogP contribution in [0.2, 0.25) is 0 Å². The molecule has 0 spiro atoms. The fraction of sp³-hybridized carbons (Fsp3) is 0.706. The maximum Gasteiger partial charge on any atom is 0.246 e. The van der Waals surface area contributed by atoms with Gasteiger partial charge in [0.05, 0.1) is 0 Å². The van der Waals surface area contributed by atoms with Crippen molar-refractivity contribution in [3.05, 3.63) is 22.2 Å². The summed E-state index contributed by atoms with van der Waals surface area (Å²) < 4.78 is 2.80. The van der Waals surface area contributed by atoms with E-state index in [2.05, 4.69) is 35.5 Å². The van der Waals surface area contributed by atoms with Gasteiger partial charge in [-0.1, -0.05) is 5.57 Å². The lowest BCUT2D eigenvalue weighted by Crippen LogP contribution is -2.37. The smallest absolute Gasteiger partial charge is 0.246 e. The Kier molecular flexibility index (Phi) is 4.71. The highest BCUT2D eigenvalue weighted by atomic mass is 32.1. The van der Waals surface area contributed by atoms with Crippen LogP contribution in [0.3, 0.4) is 0 Å². The minimum atomic E-state index is 0.176. The summed E-state index contributed by atoms with van der Waals surface area (Å²) in [6.07, 6.45) is 6.25. The van der Waals surface area contributed by atoms with E-state index in [0.29, 0.717) is 22.6 Å². The zero-order chi connectivity index (χ0) is 16.6. The maximum absolute atomic E-state index is 12.4. The van der Waals surface area contributed by atoms with Crippen molar-refractivity contribution >= 4 is 18.1 Å². The van der Waals surface area contributed by atoms with Crippen LogP contribution >= 0.6 is 12.2 Å². The predicted molar refractivity (Wildman–Crippen MR) is 92.8 cm³/mol. The van der Waals surface area contributed by atoms with E-state index in [0.717, 1.165) is 31.8 Å². The van der Waals surface area contributed by atoms with Crippen LogP contribution in [0.1, 0.15) is 64.2 Å². The van der Waals surface area contributed by atoms with Gasteiger partial charge in [-0.15, -0.1) is 0 Å². The van der Waals surface area contributed by atoms with Crippen LogP contribution in [0, 0.1) is 10.7 Å². The number of aromatic nitrogens is 3. The Morgan fingerprint density at radius 3 is 2.52 bits per heavy atom. The molecule has 0 radical (unpaired) electrons. The zero-order valence-electron chi connectivity index (χ0n) is 14.2. The third-order valence-electron chi connectivity index (χ3n) is 4.99. The van der Waals surface area contributed by atoms with Gasteiger partial charge in [-0.25, -0.2) is 0 Å². The maximum atomic E-state index is 12.4. The van der Waals surface area contributed by atoms with E-state index in [-0.39, 0.29) is 5.91 Å². The second-order valence-electron chi connectivity index (χ2n) is 7.11. The van der Waals surface area contributed by atoms with Crippen molar-refractivity contribution in [3.63, 3.8) is 0 Å². The molecule has 23 heavy (non-hydrogen) atoms. The van der Waals surface area contributed by atoms with Crippen LogP contribution in [-0.2, 0) is 4.79 Å². The van der Waals surface area contributed by atoms with Crippen LogP contribution < -0.4 is 0 Å². The molecule has 3 rings (SSSR count). The third kappa shape index (κ3) is 3.57. The number of carbonyl (C=O) groups is 1. The van der Waals surface area contributed by atoms with E-state index >= 15 is 0 Å². The van der Waals surface area contributed by atoms with E-state index < -0.39 is 0 Å². The molecule has 0 aromatic carbocycles. The second-order valence-corrected chi connectivity index (χ2v) is 7.50. The molecule has 2 heterocycles. The molecule has 1 aromatic rings. The zero-order valence-corrected chi connectivity index (χ0v) is 15.0. The van der Waals surface area contributed by atoms with Crippen molar-refractivity contribution in [2.75, 3.05) is 13.1 Å². The first-order valence-electron chi connectivity index (χ1n) is 8.61. The van der Waals surface area contributed by atoms with Gasteiger partial charge in [-0.05, 0) is 64.6 Å². The molecule has 1 aliphatic carbocycles. The van der Waals surface area contributed by atoms with Gasteiger partial charge >= 0.3 is 0 Å². The number of hydrogen-bond donors (Lipinski definition) is 1. The molecule has 2 fully saturated rings. The highest BCUT2D eigenvalue weighted by molar-refractivity contribution is 7.71. The van der Waals surface area contributed by atoms with Crippen molar-refractivity contribution in [2.24, 2.45) is 5.92 Å². The monoisotopic (exact) mass is 334 g/mol. The van der Waals surface area contributed by atoms with Gasteiger partial charge in [-0.2, -0.15) is 5.10 Å². The summed E-state index contributed by atoms with van der Waals surface area (Å²) in [6.45, 7) is 7.94. The summed E-state index contributed by atoms with van der Waals surface area (Å²) in [5, 5.41) is 7.36. The number of likely N-dealkylation sites (tertiary alicyclic amines) is 1. The quantitative estimate of drug-likeness (QED) is 0.676. The lowest BCUT2D eigenvalue weighted by atomic mass is 9.95. The van der Waals surface area contributed by atoms with Crippen molar-refractivity contribution in [2.45, 2.75) is 58.4 Å². The van der Waals surface area contributed by atoms with E-state index in [1.54, 1.807) is 0 Å². The minimum Gasteiger partial charge on any atom is -0.339 e. The van der Waals surface area contributed by atoms with E-state index in [4.69, 9.17) is 12.2 Å². The van der Waals surface area contributed by atoms with Gasteiger partial charge in [-0.3, -0.25) is 9.89 Å². The summed E-state index contributed by atoms with van der Waals surface area (Å²) >= 11 is 5.33. The standard InChI is InChI=1S/C17H26N4OS/c1-11(2)21-16(18-19-17(21)23)14-6-8-20(9-7-14)15(22)10-12(3)13-4-5-13/h10-11,13-14H,4-9H2,1-3H3,(H,19,23)/b12-10+. The number of nitrogens with zero attached hydrogens (tertiary/aromatic N) is 3. The summed E-state index contributed by atoms with van der Waals surface area (Å²) in [4.78, 5) is 14.3. The molecule has 5 nitrogen and oxygen atoms in total. The highest BCUT2D eigenvalue weighted by Crippen LogP contribution is 2.36. The van der Waals surface area contributed by atoms with Gasteiger partial charge in [0.15, 0.2) is 4.77 Å². The van der Waals surface area contributed by atoms with Gasteiger partial charge in [0, 0.05) is 31.1 Å². The molecular formula is C17H26N4OS. The molecule has 126 valence electrons. The van der Waals surface area contributed by atoms with Crippen LogP contribution in [0.4, 0.5) is 0 Å². The molecule has 1 saturated carbocycles. The fourth-order valence-corrected chi connectivity index (χ4v) is 3.75. The molecule has 2 aliphatic rings. The molecule has 1 aliphatic heterocycles. The number of carbonyl (C=O) groups excluding carboxylic acids is 1. The molecule has 1 amide bonds. The molecule has 1 saturated heterocycles. The first kappa shape index (κ1) is 16.4. The topological polar surface area (TPSA) is 53.9 Å². The Morgan fingerprint density at radius 1 is 1.30 bits per heavy atom. The predicted octanol–water partition coefficient (Wildman–Crippen LogP) is 3.58. The van der Waals surface area contributed by atoms with Crippen LogP contribution in [0.25, 0.3) is 0 Å². The highest BCUT2D eigenvalue weighted by Gasteiger charge is 2.28. The third-order valence-corrected chi connectivity index (χ3v) is 5.28. The number of allylic oxidation sites excluding steroid dienone is 1. The molecule has 1 aromatic heterocycles. The number of piperidine rings is 1. The average Bonchev–Trinajstić information content (AvgIpc) is 3.30. The lowest BCUT2D eigenvalue weighted by Gasteiger charge is -2.31. The summed E-state index contributed by atoms with van der Waals surface area (Å²) in [5.74, 6) is 2.26. The number of nitrogens with one attached hydrogen (secondary N) is 1. The van der Waals surface area contributed by atoms with E-state index in [9.17, 15) is 4.79 Å². The molecule has 0 unspecified atom stereocenters. The van der Waals surface area contributed by atoms with Gasteiger partial charge in [0.1, 0.15) is 5.82 Å². The minimum absolute atomic E-state index is 0.176. The number of hydrogen-bond acceptors (Lipinski definition) is 3. The largest absolute Gasteiger partial charge is 0.339 e. The number of aromatic amines is 1. The summed E-state index contributed by atoms with van der Waals surface area (Å²) in [7, 11) is 0. The van der Waals surface area contributed by atoms with Gasteiger partial charge in [0.2, 0.25) is 5.91 Å². The SMILES string of the molecule is C/C(=C\C(=O)N1CCC(c2n[nH]c(=S)n2C(C)C)CC1)C1CC1. The van der Waals surface area contributed by atoms with Crippen LogP contribution in [0.5, 0.6) is 0 Å². The Bertz CT molecular complexity index is 660. The van der Waals surface area contributed by atoms with Gasteiger partial charge < -0.3 is 9.47 Å². The normalized spacial score (nSPS) is 20.3. The van der Waals surface area contributed by atoms with Crippen molar-refractivity contribution < 1.29 is 4.79 Å². The Morgan fingerprint density at radius 2 is 1.96 bits per heavy atom.